The highest BCUT2D eigenvalue weighted by Crippen LogP contribution is 2.22. The van der Waals surface area contributed by atoms with E-state index in [4.69, 9.17) is 9.47 Å². The quantitative estimate of drug-likeness (QED) is 0.728. The lowest BCUT2D eigenvalue weighted by molar-refractivity contribution is 0.0313. The monoisotopic (exact) mass is 285 g/mol. The van der Waals surface area contributed by atoms with Gasteiger partial charge in [0.1, 0.15) is 12.7 Å². The second kappa shape index (κ2) is 8.89. The van der Waals surface area contributed by atoms with Crippen molar-refractivity contribution in [3.05, 3.63) is 29.6 Å². The molecule has 0 heterocycles. The molecule has 0 bridgehead atoms. The van der Waals surface area contributed by atoms with Crippen LogP contribution in [-0.4, -0.2) is 38.1 Å². The lowest BCUT2D eigenvalue weighted by Gasteiger charge is -2.16. The summed E-state index contributed by atoms with van der Waals surface area (Å²) in [5.41, 5.74) is 0.746. The summed E-state index contributed by atoms with van der Waals surface area (Å²) in [6.45, 7) is 5.77. The lowest BCUT2D eigenvalue weighted by atomic mass is 10.1. The van der Waals surface area contributed by atoms with Crippen molar-refractivity contribution >= 4 is 0 Å². The van der Waals surface area contributed by atoms with E-state index in [2.05, 4.69) is 19.2 Å². The highest BCUT2D eigenvalue weighted by Gasteiger charge is 2.12. The van der Waals surface area contributed by atoms with Crippen molar-refractivity contribution in [2.45, 2.75) is 26.5 Å². The molecule has 4 nitrogen and oxygen atoms in total. The topological polar surface area (TPSA) is 50.7 Å². The van der Waals surface area contributed by atoms with Crippen molar-refractivity contribution in [2.75, 3.05) is 26.9 Å². The number of ether oxygens (including phenoxy) is 2. The predicted octanol–water partition coefficient (Wildman–Crippen LogP) is 1.96. The fourth-order valence-electron chi connectivity index (χ4n) is 1.77. The second-order valence-corrected chi connectivity index (χ2v) is 5.17. The molecular weight excluding hydrogens is 261 g/mol. The van der Waals surface area contributed by atoms with Crippen LogP contribution in [0.25, 0.3) is 0 Å². The van der Waals surface area contributed by atoms with Crippen molar-refractivity contribution < 1.29 is 19.0 Å². The van der Waals surface area contributed by atoms with Crippen LogP contribution in [0.2, 0.25) is 0 Å². The number of para-hydroxylation sites is 1. The molecule has 1 rings (SSSR count). The molecular formula is C15H24FNO3. The average molecular weight is 285 g/mol. The van der Waals surface area contributed by atoms with Gasteiger partial charge >= 0.3 is 0 Å². The Kier molecular flexibility index (Phi) is 7.51. The molecule has 0 aliphatic heterocycles. The molecule has 0 aromatic heterocycles. The molecule has 0 aliphatic carbocycles. The summed E-state index contributed by atoms with van der Waals surface area (Å²) < 4.78 is 24.0. The third-order valence-corrected chi connectivity index (χ3v) is 2.70. The third kappa shape index (κ3) is 5.86. The van der Waals surface area contributed by atoms with Crippen LogP contribution in [0.4, 0.5) is 4.39 Å². The van der Waals surface area contributed by atoms with Crippen LogP contribution >= 0.6 is 0 Å². The van der Waals surface area contributed by atoms with Gasteiger partial charge in [0.2, 0.25) is 0 Å². The Bertz CT molecular complexity index is 399. The zero-order valence-corrected chi connectivity index (χ0v) is 12.4. The molecule has 0 amide bonds. The van der Waals surface area contributed by atoms with Gasteiger partial charge in [0.15, 0.2) is 11.6 Å². The average Bonchev–Trinajstić information content (AvgIpc) is 2.38. The van der Waals surface area contributed by atoms with Crippen molar-refractivity contribution in [2.24, 2.45) is 5.92 Å². The van der Waals surface area contributed by atoms with E-state index >= 15 is 0 Å². The normalized spacial score (nSPS) is 12.7. The van der Waals surface area contributed by atoms with Crippen LogP contribution in [-0.2, 0) is 11.3 Å². The molecule has 1 unspecified atom stereocenters. The summed E-state index contributed by atoms with van der Waals surface area (Å²) in [7, 11) is 1.49. The van der Waals surface area contributed by atoms with Crippen LogP contribution in [0.15, 0.2) is 18.2 Å². The van der Waals surface area contributed by atoms with Gasteiger partial charge in [-0.05, 0) is 18.5 Å². The molecule has 0 spiro atoms. The van der Waals surface area contributed by atoms with Gasteiger partial charge in [-0.15, -0.1) is 0 Å². The Morgan fingerprint density at radius 3 is 2.70 bits per heavy atom. The lowest BCUT2D eigenvalue weighted by Crippen LogP contribution is -2.24. The standard InChI is InChI=1S/C15H24FNO3/c1-11(2)7-17-8-12-5-4-6-14(16)15(12)20-10-13(18)9-19-3/h4-6,11,13,17-18H,7-10H2,1-3H3. The van der Waals surface area contributed by atoms with E-state index in [0.717, 1.165) is 12.1 Å². The SMILES string of the molecule is COCC(O)COc1c(F)cccc1CNCC(C)C. The maximum atomic E-state index is 13.8. The van der Waals surface area contributed by atoms with Gasteiger partial charge in [-0.25, -0.2) is 4.39 Å². The Morgan fingerprint density at radius 1 is 1.30 bits per heavy atom. The van der Waals surface area contributed by atoms with Crippen LogP contribution in [0, 0.1) is 11.7 Å². The highest BCUT2D eigenvalue weighted by atomic mass is 19.1. The number of methoxy groups -OCH3 is 1. The summed E-state index contributed by atoms with van der Waals surface area (Å²) in [6.07, 6.45) is -0.768. The van der Waals surface area contributed by atoms with Gasteiger partial charge in [-0.2, -0.15) is 0 Å². The Hall–Kier alpha value is -1.17. The third-order valence-electron chi connectivity index (χ3n) is 2.70. The minimum atomic E-state index is -0.768. The van der Waals surface area contributed by atoms with E-state index in [1.165, 1.54) is 13.2 Å². The fraction of sp³-hybridized carbons (Fsp3) is 0.600. The number of benzene rings is 1. The second-order valence-electron chi connectivity index (χ2n) is 5.17. The number of hydrogen-bond acceptors (Lipinski definition) is 4. The number of halogens is 1. The van der Waals surface area contributed by atoms with Crippen molar-refractivity contribution in [1.29, 1.82) is 0 Å². The maximum absolute atomic E-state index is 13.8. The van der Waals surface area contributed by atoms with E-state index in [1.807, 2.05) is 6.07 Å². The Morgan fingerprint density at radius 2 is 2.05 bits per heavy atom. The summed E-state index contributed by atoms with van der Waals surface area (Å²) >= 11 is 0. The smallest absolute Gasteiger partial charge is 0.165 e. The van der Waals surface area contributed by atoms with Crippen LogP contribution in [0.5, 0.6) is 5.75 Å². The summed E-state index contributed by atoms with van der Waals surface area (Å²) in [5.74, 6) is 0.300. The van der Waals surface area contributed by atoms with E-state index in [1.54, 1.807) is 6.07 Å². The molecule has 5 heteroatoms. The molecule has 0 fully saturated rings. The Balaban J connectivity index is 2.63. The molecule has 1 aromatic carbocycles. The fourth-order valence-corrected chi connectivity index (χ4v) is 1.77. The molecule has 2 N–H and O–H groups in total. The molecule has 0 aliphatic rings. The minimum Gasteiger partial charge on any atom is -0.487 e. The van der Waals surface area contributed by atoms with Crippen molar-refractivity contribution in [3.8, 4) is 5.75 Å². The van der Waals surface area contributed by atoms with E-state index in [0.29, 0.717) is 12.5 Å². The largest absolute Gasteiger partial charge is 0.487 e. The van der Waals surface area contributed by atoms with E-state index in [9.17, 15) is 9.50 Å². The molecule has 1 aromatic rings. The van der Waals surface area contributed by atoms with Gasteiger partial charge in [0, 0.05) is 19.2 Å². The predicted molar refractivity (Wildman–Crippen MR) is 76.3 cm³/mol. The summed E-state index contributed by atoms with van der Waals surface area (Å²) in [6, 6.07) is 4.82. The minimum absolute atomic E-state index is 0.00591. The van der Waals surface area contributed by atoms with Gasteiger partial charge in [0.25, 0.3) is 0 Å². The molecule has 20 heavy (non-hydrogen) atoms. The van der Waals surface area contributed by atoms with Gasteiger partial charge in [-0.3, -0.25) is 0 Å². The first-order valence-electron chi connectivity index (χ1n) is 6.82. The number of rotatable bonds is 9. The van der Waals surface area contributed by atoms with Crippen LogP contribution < -0.4 is 10.1 Å². The zero-order valence-electron chi connectivity index (χ0n) is 12.4. The zero-order chi connectivity index (χ0) is 15.0. The first-order valence-corrected chi connectivity index (χ1v) is 6.82. The van der Waals surface area contributed by atoms with Crippen molar-refractivity contribution in [1.82, 2.24) is 5.32 Å². The molecule has 114 valence electrons. The molecule has 0 radical (unpaired) electrons. The number of hydrogen-bond donors (Lipinski definition) is 2. The number of aliphatic hydroxyl groups is 1. The van der Waals surface area contributed by atoms with E-state index < -0.39 is 11.9 Å². The highest BCUT2D eigenvalue weighted by molar-refractivity contribution is 5.34. The van der Waals surface area contributed by atoms with Crippen LogP contribution in [0.3, 0.4) is 0 Å². The van der Waals surface area contributed by atoms with Gasteiger partial charge < -0.3 is 19.9 Å². The summed E-state index contributed by atoms with van der Waals surface area (Å²) in [5, 5.41) is 12.8. The number of nitrogens with one attached hydrogen (secondary N) is 1. The van der Waals surface area contributed by atoms with Gasteiger partial charge in [0.05, 0.1) is 6.61 Å². The first-order chi connectivity index (χ1) is 9.54. The van der Waals surface area contributed by atoms with Crippen LogP contribution in [0.1, 0.15) is 19.4 Å². The molecule has 1 atom stereocenters. The number of aliphatic hydroxyl groups excluding tert-OH is 1. The maximum Gasteiger partial charge on any atom is 0.165 e. The first kappa shape index (κ1) is 16.9. The molecule has 0 saturated carbocycles. The summed E-state index contributed by atoms with van der Waals surface area (Å²) in [4.78, 5) is 0. The van der Waals surface area contributed by atoms with E-state index in [-0.39, 0.29) is 19.0 Å². The molecule has 0 saturated heterocycles. The van der Waals surface area contributed by atoms with Crippen molar-refractivity contribution in [3.63, 3.8) is 0 Å². The Labute approximate surface area is 119 Å². The van der Waals surface area contributed by atoms with Gasteiger partial charge in [-0.1, -0.05) is 26.0 Å².